The van der Waals surface area contributed by atoms with Crippen LogP contribution in [0.15, 0.2) is 12.8 Å². The van der Waals surface area contributed by atoms with E-state index in [1.165, 1.54) is 70.5 Å². The summed E-state index contributed by atoms with van der Waals surface area (Å²) < 4.78 is 21.3. The van der Waals surface area contributed by atoms with E-state index in [1.807, 2.05) is 0 Å². The zero-order chi connectivity index (χ0) is 17.6. The molecule has 0 saturated carbocycles. The highest BCUT2D eigenvalue weighted by molar-refractivity contribution is 4.48. The fraction of sp³-hybridized carbons (Fsp3) is 0.900. The van der Waals surface area contributed by atoms with Crippen molar-refractivity contribution in [3.05, 3.63) is 12.8 Å². The Kier molecular flexibility index (Phi) is 21.9. The van der Waals surface area contributed by atoms with Gasteiger partial charge in [-0.15, -0.1) is 0 Å². The first-order valence-electron chi connectivity index (χ1n) is 9.87. The van der Waals surface area contributed by atoms with Gasteiger partial charge in [0.15, 0.2) is 0 Å². The molecule has 0 radical (unpaired) electrons. The number of ether oxygens (including phenoxy) is 4. The van der Waals surface area contributed by atoms with E-state index >= 15 is 0 Å². The predicted octanol–water partition coefficient (Wildman–Crippen LogP) is 5.12. The number of hydrogen-bond acceptors (Lipinski definition) is 4. The highest BCUT2D eigenvalue weighted by atomic mass is 16.6. The van der Waals surface area contributed by atoms with Crippen LogP contribution in [0.4, 0.5) is 0 Å². The van der Waals surface area contributed by atoms with Gasteiger partial charge in [0.2, 0.25) is 0 Å². The number of unbranched alkanes of at least 4 members (excludes halogenated alkanes) is 9. The maximum absolute atomic E-state index is 5.57. The van der Waals surface area contributed by atoms with Crippen molar-refractivity contribution in [2.75, 3.05) is 46.2 Å². The lowest BCUT2D eigenvalue weighted by Gasteiger charge is -2.07. The first-order chi connectivity index (χ1) is 11.9. The lowest BCUT2D eigenvalue weighted by atomic mass is 10.1. The second kappa shape index (κ2) is 22.4. The van der Waals surface area contributed by atoms with Crippen LogP contribution in [0.25, 0.3) is 0 Å². The lowest BCUT2D eigenvalue weighted by Crippen LogP contribution is -2.11. The van der Waals surface area contributed by atoms with Gasteiger partial charge in [0.05, 0.1) is 39.3 Å². The average Bonchev–Trinajstić information content (AvgIpc) is 2.60. The van der Waals surface area contributed by atoms with Crippen LogP contribution in [-0.4, -0.2) is 46.2 Å². The van der Waals surface area contributed by atoms with Crippen molar-refractivity contribution in [1.82, 2.24) is 0 Å². The van der Waals surface area contributed by atoms with Crippen LogP contribution in [0.2, 0.25) is 0 Å². The van der Waals surface area contributed by atoms with Crippen LogP contribution in [-0.2, 0) is 18.9 Å². The van der Waals surface area contributed by atoms with E-state index in [0.29, 0.717) is 39.6 Å². The summed E-state index contributed by atoms with van der Waals surface area (Å²) in [7, 11) is 0. The van der Waals surface area contributed by atoms with Crippen molar-refractivity contribution in [2.45, 2.75) is 71.1 Å². The molecule has 4 nitrogen and oxygen atoms in total. The summed E-state index contributed by atoms with van der Waals surface area (Å²) in [5.41, 5.74) is 0. The van der Waals surface area contributed by atoms with Gasteiger partial charge < -0.3 is 18.9 Å². The minimum absolute atomic E-state index is 0.547. The van der Waals surface area contributed by atoms with Gasteiger partial charge in [-0.05, 0) is 6.42 Å². The largest absolute Gasteiger partial charge is 0.499 e. The summed E-state index contributed by atoms with van der Waals surface area (Å²) >= 11 is 0. The zero-order valence-corrected chi connectivity index (χ0v) is 15.9. The second-order valence-corrected chi connectivity index (χ2v) is 6.06. The van der Waals surface area contributed by atoms with Gasteiger partial charge in [0.25, 0.3) is 0 Å². The molecule has 0 bridgehead atoms. The van der Waals surface area contributed by atoms with Crippen molar-refractivity contribution >= 4 is 0 Å². The zero-order valence-electron chi connectivity index (χ0n) is 15.9. The summed E-state index contributed by atoms with van der Waals surface area (Å²) in [6.07, 6.45) is 15.0. The number of rotatable bonds is 21. The third-order valence-corrected chi connectivity index (χ3v) is 3.85. The van der Waals surface area contributed by atoms with E-state index in [-0.39, 0.29) is 0 Å². The maximum Gasteiger partial charge on any atom is 0.111 e. The summed E-state index contributed by atoms with van der Waals surface area (Å²) in [4.78, 5) is 0. The number of hydrogen-bond donors (Lipinski definition) is 0. The first-order valence-corrected chi connectivity index (χ1v) is 9.87. The van der Waals surface area contributed by atoms with Gasteiger partial charge in [-0.25, -0.2) is 0 Å². The standard InChI is InChI=1S/C20H40O4/c1-3-5-6-7-8-9-10-11-12-13-14-22-17-18-24-20-19-23-16-15-21-4-2/h4H,2-3,5-20H2,1H3. The summed E-state index contributed by atoms with van der Waals surface area (Å²) in [6.45, 7) is 10.2. The van der Waals surface area contributed by atoms with Crippen LogP contribution in [0, 0.1) is 0 Å². The van der Waals surface area contributed by atoms with Crippen molar-refractivity contribution in [3.63, 3.8) is 0 Å². The van der Waals surface area contributed by atoms with Crippen LogP contribution in [0.5, 0.6) is 0 Å². The van der Waals surface area contributed by atoms with E-state index in [1.54, 1.807) is 0 Å². The highest BCUT2D eigenvalue weighted by Gasteiger charge is 1.94. The Morgan fingerprint density at radius 2 is 0.958 bits per heavy atom. The normalized spacial score (nSPS) is 10.9. The molecule has 0 amide bonds. The van der Waals surface area contributed by atoms with Gasteiger partial charge in [0.1, 0.15) is 6.61 Å². The Bertz CT molecular complexity index is 234. The van der Waals surface area contributed by atoms with Crippen LogP contribution >= 0.6 is 0 Å². The van der Waals surface area contributed by atoms with E-state index < -0.39 is 0 Å². The fourth-order valence-electron chi connectivity index (χ4n) is 2.42. The smallest absolute Gasteiger partial charge is 0.111 e. The molecule has 0 aromatic carbocycles. The Morgan fingerprint density at radius 1 is 0.542 bits per heavy atom. The lowest BCUT2D eigenvalue weighted by molar-refractivity contribution is 0.00608. The minimum Gasteiger partial charge on any atom is -0.499 e. The second-order valence-electron chi connectivity index (χ2n) is 6.06. The van der Waals surface area contributed by atoms with Crippen LogP contribution in [0.3, 0.4) is 0 Å². The monoisotopic (exact) mass is 344 g/mol. The molecule has 24 heavy (non-hydrogen) atoms. The van der Waals surface area contributed by atoms with Gasteiger partial charge in [-0.3, -0.25) is 0 Å². The molecule has 0 atom stereocenters. The van der Waals surface area contributed by atoms with E-state index in [2.05, 4.69) is 13.5 Å². The third kappa shape index (κ3) is 21.4. The Balaban J connectivity index is 2.94. The van der Waals surface area contributed by atoms with Crippen LogP contribution in [0.1, 0.15) is 71.1 Å². The van der Waals surface area contributed by atoms with Crippen molar-refractivity contribution in [3.8, 4) is 0 Å². The predicted molar refractivity (Wildman–Crippen MR) is 100 cm³/mol. The van der Waals surface area contributed by atoms with E-state index in [0.717, 1.165) is 6.61 Å². The molecule has 0 heterocycles. The van der Waals surface area contributed by atoms with Gasteiger partial charge in [-0.1, -0.05) is 71.3 Å². The molecule has 0 unspecified atom stereocenters. The van der Waals surface area contributed by atoms with E-state index in [4.69, 9.17) is 18.9 Å². The maximum atomic E-state index is 5.57. The minimum atomic E-state index is 0.547. The SMILES string of the molecule is C=COCCOCCOCCOCCCCCCCCCCCC. The topological polar surface area (TPSA) is 36.9 Å². The molecule has 0 N–H and O–H groups in total. The molecular weight excluding hydrogens is 304 g/mol. The molecule has 0 fully saturated rings. The molecule has 0 saturated heterocycles. The van der Waals surface area contributed by atoms with Crippen molar-refractivity contribution in [1.29, 1.82) is 0 Å². The van der Waals surface area contributed by atoms with Gasteiger partial charge in [-0.2, -0.15) is 0 Å². The molecule has 0 aliphatic heterocycles. The molecule has 0 aromatic rings. The van der Waals surface area contributed by atoms with Gasteiger partial charge >= 0.3 is 0 Å². The summed E-state index contributed by atoms with van der Waals surface area (Å²) in [5.74, 6) is 0. The molecule has 0 aliphatic rings. The summed E-state index contributed by atoms with van der Waals surface area (Å²) in [6, 6.07) is 0. The molecule has 144 valence electrons. The van der Waals surface area contributed by atoms with Crippen LogP contribution < -0.4 is 0 Å². The Labute approximate surface area is 149 Å². The fourth-order valence-corrected chi connectivity index (χ4v) is 2.42. The highest BCUT2D eigenvalue weighted by Crippen LogP contribution is 2.10. The van der Waals surface area contributed by atoms with Crippen molar-refractivity contribution in [2.24, 2.45) is 0 Å². The molecular formula is C20H40O4. The molecule has 4 heteroatoms. The quantitative estimate of drug-likeness (QED) is 0.214. The molecule has 0 spiro atoms. The molecule has 0 rings (SSSR count). The van der Waals surface area contributed by atoms with Crippen molar-refractivity contribution < 1.29 is 18.9 Å². The molecule has 0 aliphatic carbocycles. The Hall–Kier alpha value is -0.580. The third-order valence-electron chi connectivity index (χ3n) is 3.85. The van der Waals surface area contributed by atoms with Gasteiger partial charge in [0, 0.05) is 6.61 Å². The van der Waals surface area contributed by atoms with E-state index in [9.17, 15) is 0 Å². The average molecular weight is 345 g/mol. The molecule has 0 aromatic heterocycles. The summed E-state index contributed by atoms with van der Waals surface area (Å²) in [5, 5.41) is 0. The Morgan fingerprint density at radius 3 is 1.46 bits per heavy atom. The first kappa shape index (κ1) is 23.4.